The van der Waals surface area contributed by atoms with E-state index < -0.39 is 24.2 Å². The molecule has 3 rings (SSSR count). The number of hydrogen-bond acceptors (Lipinski definition) is 5. The summed E-state index contributed by atoms with van der Waals surface area (Å²) in [5, 5.41) is 0. The molecule has 0 N–H and O–H groups in total. The predicted molar refractivity (Wildman–Crippen MR) is 88.4 cm³/mol. The van der Waals surface area contributed by atoms with Gasteiger partial charge in [0, 0.05) is 12.1 Å². The lowest BCUT2D eigenvalue weighted by Gasteiger charge is -2.14. The van der Waals surface area contributed by atoms with Gasteiger partial charge in [-0.15, -0.1) is 0 Å². The number of ether oxygens (including phenoxy) is 1. The standard InChI is InChI=1S/C19H18FNO5/c20-13-5-3-4-12(10-13)16(22)11-26-17(23)8-9-21-18(24)14-6-1-2-7-15(14)19(21)25/h1-5,10,14-15H,6-9,11H2/t14-,15+. The van der Waals surface area contributed by atoms with Gasteiger partial charge in [-0.05, 0) is 25.0 Å². The van der Waals surface area contributed by atoms with Crippen LogP contribution in [-0.4, -0.2) is 41.6 Å². The topological polar surface area (TPSA) is 80.8 Å². The van der Waals surface area contributed by atoms with E-state index >= 15 is 0 Å². The first-order chi connectivity index (χ1) is 12.5. The quantitative estimate of drug-likeness (QED) is 0.335. The smallest absolute Gasteiger partial charge is 0.308 e. The Kier molecular flexibility index (Phi) is 5.25. The predicted octanol–water partition coefficient (Wildman–Crippen LogP) is 1.89. The first-order valence-corrected chi connectivity index (χ1v) is 8.42. The van der Waals surface area contributed by atoms with Crippen LogP contribution in [0.3, 0.4) is 0 Å². The Balaban J connectivity index is 1.48. The van der Waals surface area contributed by atoms with Crippen LogP contribution in [-0.2, 0) is 19.1 Å². The Morgan fingerprint density at radius 1 is 1.12 bits per heavy atom. The monoisotopic (exact) mass is 359 g/mol. The number of likely N-dealkylation sites (tertiary alicyclic amines) is 1. The molecule has 2 amide bonds. The summed E-state index contributed by atoms with van der Waals surface area (Å²) in [6.07, 6.45) is 4.68. The van der Waals surface area contributed by atoms with Crippen LogP contribution in [0, 0.1) is 17.7 Å². The Bertz CT molecular complexity index is 762. The number of benzene rings is 1. The Morgan fingerprint density at radius 2 is 1.77 bits per heavy atom. The minimum atomic E-state index is -0.691. The largest absolute Gasteiger partial charge is 0.457 e. The van der Waals surface area contributed by atoms with Gasteiger partial charge in [0.05, 0.1) is 18.3 Å². The molecular weight excluding hydrogens is 341 g/mol. The van der Waals surface area contributed by atoms with Gasteiger partial charge in [0.2, 0.25) is 11.8 Å². The van der Waals surface area contributed by atoms with Crippen molar-refractivity contribution in [1.29, 1.82) is 0 Å². The van der Waals surface area contributed by atoms with E-state index in [1.165, 1.54) is 18.2 Å². The maximum atomic E-state index is 13.1. The minimum absolute atomic E-state index is 0.0579. The van der Waals surface area contributed by atoms with Crippen LogP contribution in [0.2, 0.25) is 0 Å². The number of esters is 1. The van der Waals surface area contributed by atoms with Crippen LogP contribution < -0.4 is 0 Å². The van der Waals surface area contributed by atoms with Gasteiger partial charge >= 0.3 is 5.97 Å². The van der Waals surface area contributed by atoms with E-state index in [1.807, 2.05) is 12.2 Å². The lowest BCUT2D eigenvalue weighted by atomic mass is 9.85. The fraction of sp³-hybridized carbons (Fsp3) is 0.368. The second kappa shape index (κ2) is 7.59. The lowest BCUT2D eigenvalue weighted by Crippen LogP contribution is -2.33. The van der Waals surface area contributed by atoms with Crippen molar-refractivity contribution in [3.63, 3.8) is 0 Å². The van der Waals surface area contributed by atoms with Crippen LogP contribution in [0.4, 0.5) is 4.39 Å². The zero-order chi connectivity index (χ0) is 18.7. The number of amides is 2. The number of fused-ring (bicyclic) bond motifs is 1. The SMILES string of the molecule is O=C(CCN1C(=O)[C@H]2CC=CC[C@H]2C1=O)OCC(=O)c1cccc(F)c1. The maximum absolute atomic E-state index is 13.1. The Labute approximate surface area is 149 Å². The molecule has 1 aliphatic heterocycles. The first kappa shape index (κ1) is 18.0. The van der Waals surface area contributed by atoms with Gasteiger partial charge in [0.1, 0.15) is 5.82 Å². The number of Topliss-reactive ketones (excluding diaryl/α,β-unsaturated/α-hetero) is 1. The molecule has 2 atom stereocenters. The molecule has 6 nitrogen and oxygen atoms in total. The average Bonchev–Trinajstić information content (AvgIpc) is 2.89. The molecule has 136 valence electrons. The van der Waals surface area contributed by atoms with Crippen molar-refractivity contribution < 1.29 is 28.3 Å². The molecule has 7 heteroatoms. The molecule has 0 radical (unpaired) electrons. The number of imide groups is 1. The van der Waals surface area contributed by atoms with Gasteiger partial charge in [-0.3, -0.25) is 24.1 Å². The molecule has 0 aromatic heterocycles. The number of carbonyl (C=O) groups is 4. The first-order valence-electron chi connectivity index (χ1n) is 8.42. The number of ketones is 1. The highest BCUT2D eigenvalue weighted by atomic mass is 19.1. The molecule has 26 heavy (non-hydrogen) atoms. The normalized spacial score (nSPS) is 21.7. The fourth-order valence-corrected chi connectivity index (χ4v) is 3.26. The van der Waals surface area contributed by atoms with Crippen molar-refractivity contribution in [2.45, 2.75) is 19.3 Å². The van der Waals surface area contributed by atoms with Crippen LogP contribution in [0.25, 0.3) is 0 Å². The molecular formula is C19H18FNO5. The summed E-state index contributed by atoms with van der Waals surface area (Å²) >= 11 is 0. The molecule has 0 unspecified atom stereocenters. The molecule has 2 aliphatic rings. The van der Waals surface area contributed by atoms with Gasteiger partial charge in [0.15, 0.2) is 12.4 Å². The van der Waals surface area contributed by atoms with Gasteiger partial charge in [-0.25, -0.2) is 4.39 Å². The Morgan fingerprint density at radius 3 is 2.38 bits per heavy atom. The van der Waals surface area contributed by atoms with Crippen molar-refractivity contribution >= 4 is 23.6 Å². The summed E-state index contributed by atoms with van der Waals surface area (Å²) in [6, 6.07) is 5.09. The zero-order valence-electron chi connectivity index (χ0n) is 14.0. The van der Waals surface area contributed by atoms with Crippen molar-refractivity contribution in [1.82, 2.24) is 4.90 Å². The molecule has 1 aromatic rings. The highest BCUT2D eigenvalue weighted by molar-refractivity contribution is 6.05. The summed E-state index contributed by atoms with van der Waals surface area (Å²) in [5.74, 6) is -2.95. The number of allylic oxidation sites excluding steroid dienone is 2. The molecule has 0 saturated carbocycles. The number of rotatable bonds is 6. The van der Waals surface area contributed by atoms with Crippen LogP contribution in [0.1, 0.15) is 29.6 Å². The third kappa shape index (κ3) is 3.71. The summed E-state index contributed by atoms with van der Waals surface area (Å²) in [4.78, 5) is 49.3. The van der Waals surface area contributed by atoms with Gasteiger partial charge in [0.25, 0.3) is 0 Å². The highest BCUT2D eigenvalue weighted by Crippen LogP contribution is 2.34. The molecule has 1 aromatic carbocycles. The van der Waals surface area contributed by atoms with E-state index in [0.717, 1.165) is 11.0 Å². The number of halogens is 1. The second-order valence-corrected chi connectivity index (χ2v) is 6.33. The van der Waals surface area contributed by atoms with E-state index in [4.69, 9.17) is 4.74 Å². The molecule has 0 spiro atoms. The second-order valence-electron chi connectivity index (χ2n) is 6.33. The maximum Gasteiger partial charge on any atom is 0.308 e. The van der Waals surface area contributed by atoms with E-state index in [9.17, 15) is 23.6 Å². The molecule has 1 saturated heterocycles. The van der Waals surface area contributed by atoms with Gasteiger partial charge in [-0.2, -0.15) is 0 Å². The Hall–Kier alpha value is -2.83. The van der Waals surface area contributed by atoms with Crippen molar-refractivity contribution in [3.05, 3.63) is 47.8 Å². The van der Waals surface area contributed by atoms with Crippen molar-refractivity contribution in [3.8, 4) is 0 Å². The van der Waals surface area contributed by atoms with Crippen LogP contribution >= 0.6 is 0 Å². The molecule has 0 bridgehead atoms. The highest BCUT2D eigenvalue weighted by Gasteiger charge is 2.46. The summed E-state index contributed by atoms with van der Waals surface area (Å²) in [5.41, 5.74) is 0.110. The van der Waals surface area contributed by atoms with Gasteiger partial charge < -0.3 is 4.74 Å². The number of nitrogens with zero attached hydrogens (tertiary/aromatic N) is 1. The third-order valence-corrected chi connectivity index (χ3v) is 4.65. The van der Waals surface area contributed by atoms with E-state index in [2.05, 4.69) is 0 Å². The molecule has 1 heterocycles. The van der Waals surface area contributed by atoms with E-state index in [0.29, 0.717) is 12.8 Å². The molecule has 1 fully saturated rings. The molecule has 1 aliphatic carbocycles. The summed E-state index contributed by atoms with van der Waals surface area (Å²) < 4.78 is 18.0. The zero-order valence-corrected chi connectivity index (χ0v) is 14.0. The van der Waals surface area contributed by atoms with E-state index in [-0.39, 0.29) is 42.2 Å². The number of carbonyl (C=O) groups excluding carboxylic acids is 4. The fourth-order valence-electron chi connectivity index (χ4n) is 3.26. The van der Waals surface area contributed by atoms with Crippen molar-refractivity contribution in [2.24, 2.45) is 11.8 Å². The minimum Gasteiger partial charge on any atom is -0.457 e. The lowest BCUT2D eigenvalue weighted by molar-refractivity contribution is -0.145. The van der Waals surface area contributed by atoms with Crippen LogP contribution in [0.5, 0.6) is 0 Å². The third-order valence-electron chi connectivity index (χ3n) is 4.65. The summed E-state index contributed by atoms with van der Waals surface area (Å²) in [7, 11) is 0. The van der Waals surface area contributed by atoms with Crippen LogP contribution in [0.15, 0.2) is 36.4 Å². The van der Waals surface area contributed by atoms with Crippen molar-refractivity contribution in [2.75, 3.05) is 13.2 Å². The summed E-state index contributed by atoms with van der Waals surface area (Å²) in [6.45, 7) is -0.572. The van der Waals surface area contributed by atoms with Gasteiger partial charge in [-0.1, -0.05) is 24.3 Å². The van der Waals surface area contributed by atoms with E-state index in [1.54, 1.807) is 0 Å². The number of hydrogen-bond donors (Lipinski definition) is 0. The average molecular weight is 359 g/mol.